The van der Waals surface area contributed by atoms with Gasteiger partial charge in [0.1, 0.15) is 24.4 Å². The topological polar surface area (TPSA) is 149 Å². The lowest BCUT2D eigenvalue weighted by Crippen LogP contribution is -2.60. The third kappa shape index (κ3) is 57.1. The summed E-state index contributed by atoms with van der Waals surface area (Å²) in [5.41, 5.74) is 0. The second kappa shape index (κ2) is 68.7. The highest BCUT2D eigenvalue weighted by Gasteiger charge is 2.44. The van der Waals surface area contributed by atoms with Crippen molar-refractivity contribution in [2.75, 3.05) is 13.2 Å². The van der Waals surface area contributed by atoms with Gasteiger partial charge in [0.2, 0.25) is 5.91 Å². The molecule has 0 radical (unpaired) electrons. The van der Waals surface area contributed by atoms with E-state index in [0.717, 1.165) is 64.2 Å². The molecule has 9 heteroatoms. The van der Waals surface area contributed by atoms with E-state index in [2.05, 4.69) is 67.8 Å². The van der Waals surface area contributed by atoms with Crippen molar-refractivity contribution in [2.45, 2.75) is 429 Å². The van der Waals surface area contributed by atoms with Gasteiger partial charge in [-0.1, -0.05) is 383 Å². The van der Waals surface area contributed by atoms with E-state index >= 15 is 0 Å². The summed E-state index contributed by atoms with van der Waals surface area (Å²) < 4.78 is 11.3. The number of unbranched alkanes of at least 4 members (excludes halogenated alkanes) is 51. The molecule has 0 aromatic heterocycles. The highest BCUT2D eigenvalue weighted by atomic mass is 16.7. The summed E-state index contributed by atoms with van der Waals surface area (Å²) in [6.07, 6.45) is 89.3. The lowest BCUT2D eigenvalue weighted by atomic mass is 9.99. The van der Waals surface area contributed by atoms with Gasteiger partial charge in [0.05, 0.1) is 25.4 Å². The third-order valence-corrected chi connectivity index (χ3v) is 18.6. The molecule has 0 aromatic carbocycles. The first kappa shape index (κ1) is 84.9. The van der Waals surface area contributed by atoms with Crippen molar-refractivity contribution in [1.29, 1.82) is 0 Å². The number of aliphatic hydroxyl groups is 5. The Labute approximate surface area is 551 Å². The van der Waals surface area contributed by atoms with Gasteiger partial charge in [-0.2, -0.15) is 0 Å². The molecule has 7 atom stereocenters. The molecule has 1 heterocycles. The molecule has 9 nitrogen and oxygen atoms in total. The molecule has 0 aliphatic carbocycles. The average Bonchev–Trinajstić information content (AvgIpc) is 2.28. The first-order valence-electron chi connectivity index (χ1n) is 39.0. The van der Waals surface area contributed by atoms with E-state index in [0.29, 0.717) is 6.42 Å². The van der Waals surface area contributed by atoms with Gasteiger partial charge >= 0.3 is 0 Å². The number of amides is 1. The zero-order valence-electron chi connectivity index (χ0n) is 58.7. The zero-order chi connectivity index (χ0) is 64.2. The fraction of sp³-hybridized carbons (Fsp3) is 0.863. The fourth-order valence-electron chi connectivity index (χ4n) is 12.6. The number of ether oxygens (including phenoxy) is 2. The van der Waals surface area contributed by atoms with Crippen LogP contribution >= 0.6 is 0 Å². The number of nitrogens with one attached hydrogen (secondary N) is 1. The first-order chi connectivity index (χ1) is 43.8. The molecule has 1 rings (SSSR count). The van der Waals surface area contributed by atoms with Crippen LogP contribution in [0.4, 0.5) is 0 Å². The van der Waals surface area contributed by atoms with E-state index in [1.807, 2.05) is 6.08 Å². The van der Waals surface area contributed by atoms with Crippen molar-refractivity contribution in [3.05, 3.63) is 60.8 Å². The molecule has 1 fully saturated rings. The minimum Gasteiger partial charge on any atom is -0.394 e. The van der Waals surface area contributed by atoms with Crippen LogP contribution in [0.2, 0.25) is 0 Å². The molecule has 1 aliphatic heterocycles. The summed E-state index contributed by atoms with van der Waals surface area (Å²) in [6.45, 7) is 3.72. The average molecular weight is 1250 g/mol. The van der Waals surface area contributed by atoms with Crippen molar-refractivity contribution in [2.24, 2.45) is 0 Å². The number of carbonyl (C=O) groups excluding carboxylic acids is 1. The SMILES string of the molecule is CC/C=C\C/C=C\C/C=C\C/C=C\CCCCCCCCCCCCCCCCCCCCCCCCCCC(=O)NC(COC1OC(CO)C(O)C(O)C1O)C(O)/C=C/CCCCCCCCCCCCCCCCCCCCCCCCCCCCC. The van der Waals surface area contributed by atoms with E-state index in [-0.39, 0.29) is 12.5 Å². The van der Waals surface area contributed by atoms with Crippen LogP contribution in [0, 0.1) is 0 Å². The molecule has 0 aromatic rings. The van der Waals surface area contributed by atoms with Crippen molar-refractivity contribution in [3.8, 4) is 0 Å². The van der Waals surface area contributed by atoms with Crippen LogP contribution in [0.15, 0.2) is 60.8 Å². The molecule has 0 spiro atoms. The van der Waals surface area contributed by atoms with Gasteiger partial charge in [0, 0.05) is 6.42 Å². The van der Waals surface area contributed by atoms with E-state index in [1.165, 1.54) is 302 Å². The van der Waals surface area contributed by atoms with Gasteiger partial charge in [-0.15, -0.1) is 0 Å². The Bertz CT molecular complexity index is 1600. The van der Waals surface area contributed by atoms with Gasteiger partial charge < -0.3 is 40.3 Å². The Morgan fingerprint density at radius 2 is 0.697 bits per heavy atom. The maximum absolute atomic E-state index is 13.2. The highest BCUT2D eigenvalue weighted by molar-refractivity contribution is 5.76. The van der Waals surface area contributed by atoms with Crippen molar-refractivity contribution in [3.63, 3.8) is 0 Å². The van der Waals surface area contributed by atoms with Crippen LogP contribution in [0.3, 0.4) is 0 Å². The summed E-state index contributed by atoms with van der Waals surface area (Å²) in [4.78, 5) is 13.2. The Morgan fingerprint density at radius 1 is 0.393 bits per heavy atom. The molecule has 0 saturated carbocycles. The fourth-order valence-corrected chi connectivity index (χ4v) is 12.6. The van der Waals surface area contributed by atoms with Gasteiger partial charge in [0.25, 0.3) is 0 Å². The van der Waals surface area contributed by atoms with Crippen LogP contribution in [-0.2, 0) is 14.3 Å². The molecule has 89 heavy (non-hydrogen) atoms. The van der Waals surface area contributed by atoms with Crippen LogP contribution in [0.25, 0.3) is 0 Å². The number of allylic oxidation sites excluding steroid dienone is 9. The molecule has 1 amide bonds. The summed E-state index contributed by atoms with van der Waals surface area (Å²) in [5, 5.41) is 54.9. The largest absolute Gasteiger partial charge is 0.394 e. The number of aliphatic hydroxyl groups excluding tert-OH is 5. The van der Waals surface area contributed by atoms with Crippen LogP contribution in [-0.4, -0.2) is 87.5 Å². The predicted octanol–water partition coefficient (Wildman–Crippen LogP) is 22.1. The number of hydrogen-bond acceptors (Lipinski definition) is 8. The Balaban J connectivity index is 2.07. The second-order valence-electron chi connectivity index (χ2n) is 27.1. The number of rotatable bonds is 69. The standard InChI is InChI=1S/C80H149NO8/c1-3-5-7-9-11-13-15-17-19-21-23-25-27-29-31-33-34-35-36-37-38-39-40-42-44-46-48-50-52-54-56-58-60-62-64-66-68-70-76(84)81-73(72-88-80-79(87)78(86)77(85)75(71-82)89-80)74(83)69-67-65-63-61-59-57-55-53-51-49-47-45-43-41-32-30-28-26-24-22-20-18-16-14-12-10-8-6-4-2/h5,7,11,13,17,19,23,25,67,69,73-75,77-80,82-83,85-87H,3-4,6,8-10,12,14-16,18,20-22,24,26-66,68,70-72H2,1-2H3,(H,81,84)/b7-5-,13-11-,19-17-,25-23-,69-67+. The van der Waals surface area contributed by atoms with Crippen molar-refractivity contribution < 1.29 is 39.8 Å². The molecule has 1 saturated heterocycles. The minimum absolute atomic E-state index is 0.169. The normalized spacial score (nSPS) is 18.1. The van der Waals surface area contributed by atoms with Gasteiger partial charge in [-0.05, 0) is 57.8 Å². The lowest BCUT2D eigenvalue weighted by Gasteiger charge is -2.40. The number of hydrogen-bond donors (Lipinski definition) is 6. The lowest BCUT2D eigenvalue weighted by molar-refractivity contribution is -0.302. The van der Waals surface area contributed by atoms with Crippen LogP contribution < -0.4 is 5.32 Å². The van der Waals surface area contributed by atoms with Crippen LogP contribution in [0.1, 0.15) is 386 Å². The first-order valence-corrected chi connectivity index (χ1v) is 39.0. The van der Waals surface area contributed by atoms with Gasteiger partial charge in [-0.25, -0.2) is 0 Å². The predicted molar refractivity (Wildman–Crippen MR) is 382 cm³/mol. The maximum Gasteiger partial charge on any atom is 0.220 e. The van der Waals surface area contributed by atoms with Crippen LogP contribution in [0.5, 0.6) is 0 Å². The summed E-state index contributed by atoms with van der Waals surface area (Å²) in [6, 6.07) is -0.806. The molecule has 6 N–H and O–H groups in total. The summed E-state index contributed by atoms with van der Waals surface area (Å²) >= 11 is 0. The molecule has 522 valence electrons. The maximum atomic E-state index is 13.2. The van der Waals surface area contributed by atoms with Crippen molar-refractivity contribution >= 4 is 5.91 Å². The molecular formula is C80H149NO8. The summed E-state index contributed by atoms with van der Waals surface area (Å²) in [5.74, 6) is -0.169. The zero-order valence-corrected chi connectivity index (χ0v) is 58.7. The number of carbonyl (C=O) groups is 1. The van der Waals surface area contributed by atoms with E-state index in [9.17, 15) is 30.3 Å². The van der Waals surface area contributed by atoms with Gasteiger partial charge in [0.15, 0.2) is 6.29 Å². The Morgan fingerprint density at radius 3 is 1.03 bits per heavy atom. The van der Waals surface area contributed by atoms with E-state index in [1.54, 1.807) is 6.08 Å². The monoisotopic (exact) mass is 1250 g/mol. The minimum atomic E-state index is -1.57. The van der Waals surface area contributed by atoms with E-state index < -0.39 is 49.5 Å². The van der Waals surface area contributed by atoms with Gasteiger partial charge in [-0.3, -0.25) is 4.79 Å². The van der Waals surface area contributed by atoms with E-state index in [4.69, 9.17) is 9.47 Å². The molecule has 7 unspecified atom stereocenters. The quantitative estimate of drug-likeness (QED) is 0.0261. The van der Waals surface area contributed by atoms with Crippen molar-refractivity contribution in [1.82, 2.24) is 5.32 Å². The smallest absolute Gasteiger partial charge is 0.220 e. The second-order valence-corrected chi connectivity index (χ2v) is 27.1. The Kier molecular flexibility index (Phi) is 65.6. The summed E-state index contributed by atoms with van der Waals surface area (Å²) in [7, 11) is 0. The highest BCUT2D eigenvalue weighted by Crippen LogP contribution is 2.24. The Hall–Kier alpha value is -2.11. The molecule has 0 bridgehead atoms. The third-order valence-electron chi connectivity index (χ3n) is 18.6. The molecule has 1 aliphatic rings. The molecular weight excluding hydrogens is 1100 g/mol.